The van der Waals surface area contributed by atoms with E-state index in [9.17, 15) is 9.59 Å². The van der Waals surface area contributed by atoms with E-state index in [0.29, 0.717) is 30.6 Å². The highest BCUT2D eigenvalue weighted by atomic mass is 16.5. The van der Waals surface area contributed by atoms with Gasteiger partial charge < -0.3 is 15.0 Å². The first kappa shape index (κ1) is 21.8. The van der Waals surface area contributed by atoms with Crippen LogP contribution in [0.25, 0.3) is 0 Å². The lowest BCUT2D eigenvalue weighted by Crippen LogP contribution is -2.54. The number of nitrogens with zero attached hydrogens (tertiary/aromatic N) is 2. The van der Waals surface area contributed by atoms with Crippen LogP contribution in [0, 0.1) is 5.92 Å². The molecule has 2 fully saturated rings. The van der Waals surface area contributed by atoms with Gasteiger partial charge in [0.25, 0.3) is 5.91 Å². The van der Waals surface area contributed by atoms with E-state index in [0.717, 1.165) is 52.0 Å². The van der Waals surface area contributed by atoms with E-state index in [-0.39, 0.29) is 17.9 Å². The summed E-state index contributed by atoms with van der Waals surface area (Å²) in [5.41, 5.74) is 0.649. The molecule has 1 N–H and O–H groups in total. The Kier molecular flexibility index (Phi) is 8.07. The maximum Gasteiger partial charge on any atom is 0.254 e. The van der Waals surface area contributed by atoms with Gasteiger partial charge in [0, 0.05) is 37.8 Å². The molecule has 2 unspecified atom stereocenters. The molecule has 1 aromatic carbocycles. The van der Waals surface area contributed by atoms with Crippen molar-refractivity contribution in [2.24, 2.45) is 5.92 Å². The topological polar surface area (TPSA) is 61.9 Å². The van der Waals surface area contributed by atoms with Crippen LogP contribution in [0.3, 0.4) is 0 Å². The van der Waals surface area contributed by atoms with Gasteiger partial charge in [-0.15, -0.1) is 0 Å². The summed E-state index contributed by atoms with van der Waals surface area (Å²) in [6.45, 7) is 9.07. The lowest BCUT2D eigenvalue weighted by molar-refractivity contribution is -0.125. The quantitative estimate of drug-likeness (QED) is 0.727. The van der Waals surface area contributed by atoms with E-state index in [2.05, 4.69) is 24.1 Å². The lowest BCUT2D eigenvalue weighted by Gasteiger charge is -2.39. The zero-order chi connectivity index (χ0) is 20.6. The van der Waals surface area contributed by atoms with Crippen molar-refractivity contribution in [2.45, 2.75) is 51.6 Å². The molecular weight excluding hydrogens is 366 g/mol. The van der Waals surface area contributed by atoms with Crippen LogP contribution in [0.4, 0.5) is 0 Å². The standard InChI is InChI=1S/C23H35N3O3/c1-3-18(4-2)21(25-13-15-29-16-14-25)17-24-22(27)20-11-8-12-26(20)23(28)19-9-6-5-7-10-19/h5-7,9-10,18,20-21H,3-4,8,11-17H2,1-2H3,(H,24,27). The first-order chi connectivity index (χ1) is 14.2. The predicted octanol–water partition coefficient (Wildman–Crippen LogP) is 2.54. The SMILES string of the molecule is CCC(CC)C(CNC(=O)C1CCCN1C(=O)c1ccccc1)N1CCOCC1. The van der Waals surface area contributed by atoms with Gasteiger partial charge >= 0.3 is 0 Å². The number of carbonyl (C=O) groups is 2. The molecule has 1 aromatic rings. The van der Waals surface area contributed by atoms with Crippen molar-refractivity contribution < 1.29 is 14.3 Å². The molecule has 2 heterocycles. The number of carbonyl (C=O) groups excluding carboxylic acids is 2. The van der Waals surface area contributed by atoms with Gasteiger partial charge in [0.1, 0.15) is 6.04 Å². The molecule has 0 radical (unpaired) electrons. The Bertz CT molecular complexity index is 657. The zero-order valence-electron chi connectivity index (χ0n) is 17.8. The summed E-state index contributed by atoms with van der Waals surface area (Å²) in [6.07, 6.45) is 3.79. The second-order valence-corrected chi connectivity index (χ2v) is 8.06. The number of benzene rings is 1. The molecule has 160 valence electrons. The minimum Gasteiger partial charge on any atom is -0.379 e. The Labute approximate surface area is 174 Å². The van der Waals surface area contributed by atoms with Crippen LogP contribution >= 0.6 is 0 Å². The third-order valence-corrected chi connectivity index (χ3v) is 6.43. The molecular formula is C23H35N3O3. The van der Waals surface area contributed by atoms with Crippen LogP contribution in [0.2, 0.25) is 0 Å². The molecule has 2 saturated heterocycles. The number of rotatable bonds is 8. The molecule has 2 aliphatic rings. The zero-order valence-corrected chi connectivity index (χ0v) is 17.8. The van der Waals surface area contributed by atoms with Crippen LogP contribution in [-0.4, -0.2) is 73.1 Å². The van der Waals surface area contributed by atoms with Gasteiger partial charge in [-0.05, 0) is 30.9 Å². The average Bonchev–Trinajstić information content (AvgIpc) is 3.27. The average molecular weight is 402 g/mol. The van der Waals surface area contributed by atoms with E-state index >= 15 is 0 Å². The maximum atomic E-state index is 13.0. The number of amides is 2. The monoisotopic (exact) mass is 401 g/mol. The number of morpholine rings is 1. The molecule has 29 heavy (non-hydrogen) atoms. The molecule has 0 spiro atoms. The summed E-state index contributed by atoms with van der Waals surface area (Å²) >= 11 is 0. The fourth-order valence-electron chi connectivity index (χ4n) is 4.69. The maximum absolute atomic E-state index is 13.0. The highest BCUT2D eigenvalue weighted by molar-refractivity contribution is 5.97. The van der Waals surface area contributed by atoms with Crippen molar-refractivity contribution in [3.8, 4) is 0 Å². The van der Waals surface area contributed by atoms with Crippen LogP contribution < -0.4 is 5.32 Å². The molecule has 0 aromatic heterocycles. The van der Waals surface area contributed by atoms with E-state index in [1.165, 1.54) is 0 Å². The minimum atomic E-state index is -0.366. The summed E-state index contributed by atoms with van der Waals surface area (Å²) in [5, 5.41) is 3.19. The highest BCUT2D eigenvalue weighted by Crippen LogP contribution is 2.22. The molecule has 6 nitrogen and oxygen atoms in total. The Morgan fingerprint density at radius 2 is 1.79 bits per heavy atom. The summed E-state index contributed by atoms with van der Waals surface area (Å²) in [6, 6.07) is 9.21. The lowest BCUT2D eigenvalue weighted by atomic mass is 9.92. The second kappa shape index (κ2) is 10.7. The molecule has 3 rings (SSSR count). The van der Waals surface area contributed by atoms with Gasteiger partial charge in [0.05, 0.1) is 13.2 Å². The van der Waals surface area contributed by atoms with E-state index < -0.39 is 0 Å². The minimum absolute atomic E-state index is 0.0176. The van der Waals surface area contributed by atoms with E-state index in [1.54, 1.807) is 4.90 Å². The van der Waals surface area contributed by atoms with Crippen LogP contribution in [0.5, 0.6) is 0 Å². The number of likely N-dealkylation sites (tertiary alicyclic amines) is 1. The molecule has 0 bridgehead atoms. The first-order valence-corrected chi connectivity index (χ1v) is 11.1. The van der Waals surface area contributed by atoms with Gasteiger partial charge in [-0.1, -0.05) is 44.9 Å². The molecule has 0 aliphatic carbocycles. The third-order valence-electron chi connectivity index (χ3n) is 6.43. The largest absolute Gasteiger partial charge is 0.379 e. The van der Waals surface area contributed by atoms with E-state index in [4.69, 9.17) is 4.74 Å². The Morgan fingerprint density at radius 1 is 1.10 bits per heavy atom. The number of hydrogen-bond donors (Lipinski definition) is 1. The van der Waals surface area contributed by atoms with Crippen molar-refractivity contribution in [3.63, 3.8) is 0 Å². The van der Waals surface area contributed by atoms with Crippen molar-refractivity contribution >= 4 is 11.8 Å². The fraction of sp³-hybridized carbons (Fsp3) is 0.652. The smallest absolute Gasteiger partial charge is 0.254 e. The Hall–Kier alpha value is -1.92. The summed E-state index contributed by atoms with van der Waals surface area (Å²) < 4.78 is 5.51. The fourth-order valence-corrected chi connectivity index (χ4v) is 4.69. The van der Waals surface area contributed by atoms with Crippen molar-refractivity contribution in [1.82, 2.24) is 15.1 Å². The van der Waals surface area contributed by atoms with E-state index in [1.807, 2.05) is 30.3 Å². The van der Waals surface area contributed by atoms with Gasteiger partial charge in [0.2, 0.25) is 5.91 Å². The van der Waals surface area contributed by atoms with Crippen molar-refractivity contribution in [3.05, 3.63) is 35.9 Å². The summed E-state index contributed by atoms with van der Waals surface area (Å²) in [5.74, 6) is 0.475. The molecule has 0 saturated carbocycles. The molecule has 2 aliphatic heterocycles. The Balaban J connectivity index is 1.63. The highest BCUT2D eigenvalue weighted by Gasteiger charge is 2.35. The van der Waals surface area contributed by atoms with Gasteiger partial charge in [-0.3, -0.25) is 14.5 Å². The van der Waals surface area contributed by atoms with Crippen molar-refractivity contribution in [1.29, 1.82) is 0 Å². The molecule has 2 atom stereocenters. The van der Waals surface area contributed by atoms with Crippen LogP contribution in [-0.2, 0) is 9.53 Å². The normalized spacial score (nSPS) is 21.3. The summed E-state index contributed by atoms with van der Waals surface area (Å²) in [7, 11) is 0. The van der Waals surface area contributed by atoms with Gasteiger partial charge in [0.15, 0.2) is 0 Å². The second-order valence-electron chi connectivity index (χ2n) is 8.06. The molecule has 6 heteroatoms. The number of ether oxygens (including phenoxy) is 1. The summed E-state index contributed by atoms with van der Waals surface area (Å²) in [4.78, 5) is 30.1. The molecule has 2 amide bonds. The van der Waals surface area contributed by atoms with Crippen molar-refractivity contribution in [2.75, 3.05) is 39.4 Å². The van der Waals surface area contributed by atoms with Crippen LogP contribution in [0.15, 0.2) is 30.3 Å². The Morgan fingerprint density at radius 3 is 2.45 bits per heavy atom. The predicted molar refractivity (Wildman–Crippen MR) is 114 cm³/mol. The number of hydrogen-bond acceptors (Lipinski definition) is 4. The number of nitrogens with one attached hydrogen (secondary N) is 1. The third kappa shape index (κ3) is 5.37. The van der Waals surface area contributed by atoms with Crippen LogP contribution in [0.1, 0.15) is 49.9 Å². The van der Waals surface area contributed by atoms with Gasteiger partial charge in [-0.25, -0.2) is 0 Å². The first-order valence-electron chi connectivity index (χ1n) is 11.1. The van der Waals surface area contributed by atoms with Gasteiger partial charge in [-0.2, -0.15) is 0 Å².